The van der Waals surface area contributed by atoms with Gasteiger partial charge in [-0.3, -0.25) is 4.68 Å². The lowest BCUT2D eigenvalue weighted by Crippen LogP contribution is -2.39. The number of aryl methyl sites for hydroxylation is 1. The highest BCUT2D eigenvalue weighted by Crippen LogP contribution is 2.23. The standard InChI is InChI=1S/C14H19N3O/c1-17-14-5-3-2-4-11(14)13(16-17)8-10-9-18-7-6-12(10)15/h2-5,10,12H,6-9,15H2,1H3. The number of rotatable bonds is 2. The average molecular weight is 245 g/mol. The fourth-order valence-corrected chi connectivity index (χ4v) is 2.71. The second-order valence-corrected chi connectivity index (χ2v) is 5.08. The minimum Gasteiger partial charge on any atom is -0.381 e. The van der Waals surface area contributed by atoms with E-state index in [-0.39, 0.29) is 6.04 Å². The van der Waals surface area contributed by atoms with Crippen LogP contribution in [0.4, 0.5) is 0 Å². The molecule has 2 N–H and O–H groups in total. The summed E-state index contributed by atoms with van der Waals surface area (Å²) in [4.78, 5) is 0. The number of benzene rings is 1. The van der Waals surface area contributed by atoms with E-state index < -0.39 is 0 Å². The van der Waals surface area contributed by atoms with Crippen molar-refractivity contribution >= 4 is 10.9 Å². The maximum Gasteiger partial charge on any atom is 0.0707 e. The molecule has 18 heavy (non-hydrogen) atoms. The summed E-state index contributed by atoms with van der Waals surface area (Å²) in [6, 6.07) is 8.57. The molecule has 3 rings (SSSR count). The third kappa shape index (κ3) is 2.02. The maximum atomic E-state index is 6.16. The van der Waals surface area contributed by atoms with E-state index in [2.05, 4.69) is 23.3 Å². The molecule has 1 aliphatic heterocycles. The van der Waals surface area contributed by atoms with Crippen LogP contribution in [-0.4, -0.2) is 29.0 Å². The van der Waals surface area contributed by atoms with Gasteiger partial charge in [0, 0.05) is 31.0 Å². The molecule has 1 aromatic heterocycles. The molecule has 2 atom stereocenters. The fraction of sp³-hybridized carbons (Fsp3) is 0.500. The molecule has 2 heterocycles. The summed E-state index contributed by atoms with van der Waals surface area (Å²) >= 11 is 0. The summed E-state index contributed by atoms with van der Waals surface area (Å²) in [5.74, 6) is 0.386. The number of nitrogens with zero attached hydrogens (tertiary/aromatic N) is 2. The van der Waals surface area contributed by atoms with Crippen LogP contribution in [0, 0.1) is 5.92 Å². The zero-order chi connectivity index (χ0) is 12.5. The molecule has 0 spiro atoms. The number of nitrogens with two attached hydrogens (primary N) is 1. The van der Waals surface area contributed by atoms with Gasteiger partial charge in [-0.25, -0.2) is 0 Å². The summed E-state index contributed by atoms with van der Waals surface area (Å²) in [6.45, 7) is 1.55. The maximum absolute atomic E-state index is 6.16. The van der Waals surface area contributed by atoms with E-state index in [1.54, 1.807) is 0 Å². The summed E-state index contributed by atoms with van der Waals surface area (Å²) < 4.78 is 7.47. The summed E-state index contributed by atoms with van der Waals surface area (Å²) in [6.07, 6.45) is 1.86. The van der Waals surface area contributed by atoms with Crippen molar-refractivity contribution < 1.29 is 4.74 Å². The largest absolute Gasteiger partial charge is 0.381 e. The topological polar surface area (TPSA) is 53.1 Å². The van der Waals surface area contributed by atoms with E-state index in [0.717, 1.165) is 31.7 Å². The van der Waals surface area contributed by atoms with Gasteiger partial charge in [0.1, 0.15) is 0 Å². The number of hydrogen-bond donors (Lipinski definition) is 1. The Kier molecular flexibility index (Phi) is 3.06. The Hall–Kier alpha value is -1.39. The Labute approximate surface area is 107 Å². The van der Waals surface area contributed by atoms with Crippen molar-refractivity contribution in [1.29, 1.82) is 0 Å². The van der Waals surface area contributed by atoms with Gasteiger partial charge < -0.3 is 10.5 Å². The lowest BCUT2D eigenvalue weighted by Gasteiger charge is -2.28. The predicted octanol–water partition coefficient (Wildman–Crippen LogP) is 1.48. The Morgan fingerprint density at radius 2 is 2.28 bits per heavy atom. The number of ether oxygens (including phenoxy) is 1. The summed E-state index contributed by atoms with van der Waals surface area (Å²) in [7, 11) is 1.99. The number of hydrogen-bond acceptors (Lipinski definition) is 3. The molecule has 2 unspecified atom stereocenters. The van der Waals surface area contributed by atoms with Crippen LogP contribution in [-0.2, 0) is 18.2 Å². The van der Waals surface area contributed by atoms with Gasteiger partial charge in [0.25, 0.3) is 0 Å². The Bertz CT molecular complexity index is 549. The SMILES string of the molecule is Cn1nc(CC2COCCC2N)c2ccccc21. The molecule has 1 aromatic carbocycles. The molecule has 96 valence electrons. The van der Waals surface area contributed by atoms with Gasteiger partial charge in [-0.1, -0.05) is 18.2 Å². The van der Waals surface area contributed by atoms with E-state index in [9.17, 15) is 0 Å². The van der Waals surface area contributed by atoms with Gasteiger partial charge >= 0.3 is 0 Å². The van der Waals surface area contributed by atoms with E-state index in [4.69, 9.17) is 10.5 Å². The summed E-state index contributed by atoms with van der Waals surface area (Å²) in [5, 5.41) is 5.86. The average Bonchev–Trinajstić information content (AvgIpc) is 2.70. The van der Waals surface area contributed by atoms with Crippen molar-refractivity contribution in [2.45, 2.75) is 18.9 Å². The molecule has 2 aromatic rings. The Balaban J connectivity index is 1.90. The van der Waals surface area contributed by atoms with E-state index in [0.29, 0.717) is 5.92 Å². The molecule has 1 saturated heterocycles. The Morgan fingerprint density at radius 1 is 1.44 bits per heavy atom. The zero-order valence-corrected chi connectivity index (χ0v) is 10.7. The van der Waals surface area contributed by atoms with Gasteiger partial charge in [0.15, 0.2) is 0 Å². The van der Waals surface area contributed by atoms with Gasteiger partial charge in [0.2, 0.25) is 0 Å². The van der Waals surface area contributed by atoms with Crippen LogP contribution < -0.4 is 5.73 Å². The Morgan fingerprint density at radius 3 is 3.11 bits per heavy atom. The van der Waals surface area contributed by atoms with Crippen LogP contribution in [0.25, 0.3) is 10.9 Å². The van der Waals surface area contributed by atoms with Gasteiger partial charge in [-0.05, 0) is 18.9 Å². The minimum atomic E-state index is 0.236. The highest BCUT2D eigenvalue weighted by Gasteiger charge is 2.24. The van der Waals surface area contributed by atoms with Crippen molar-refractivity contribution in [3.05, 3.63) is 30.0 Å². The van der Waals surface area contributed by atoms with E-state index >= 15 is 0 Å². The second kappa shape index (κ2) is 4.71. The first-order chi connectivity index (χ1) is 8.75. The molecule has 1 aliphatic rings. The smallest absolute Gasteiger partial charge is 0.0707 e. The van der Waals surface area contributed by atoms with Crippen LogP contribution in [0.5, 0.6) is 0 Å². The number of aromatic nitrogens is 2. The van der Waals surface area contributed by atoms with Gasteiger partial charge in [-0.2, -0.15) is 5.10 Å². The molecule has 0 amide bonds. The lowest BCUT2D eigenvalue weighted by atomic mass is 9.91. The molecule has 0 saturated carbocycles. The van der Waals surface area contributed by atoms with Crippen LogP contribution in [0.2, 0.25) is 0 Å². The monoisotopic (exact) mass is 245 g/mol. The quantitative estimate of drug-likeness (QED) is 0.872. The molecular weight excluding hydrogens is 226 g/mol. The third-order valence-electron chi connectivity index (χ3n) is 3.82. The number of fused-ring (bicyclic) bond motifs is 1. The molecule has 0 bridgehead atoms. The zero-order valence-electron chi connectivity index (χ0n) is 10.7. The van der Waals surface area contributed by atoms with Crippen molar-refractivity contribution in [2.75, 3.05) is 13.2 Å². The van der Waals surface area contributed by atoms with Crippen LogP contribution in [0.1, 0.15) is 12.1 Å². The van der Waals surface area contributed by atoms with Crippen molar-refractivity contribution in [1.82, 2.24) is 9.78 Å². The first-order valence-electron chi connectivity index (χ1n) is 6.49. The normalized spacial score (nSPS) is 24.6. The van der Waals surface area contributed by atoms with E-state index in [1.165, 1.54) is 10.9 Å². The number of para-hydroxylation sites is 1. The molecule has 4 heteroatoms. The molecule has 0 aliphatic carbocycles. The molecule has 1 fully saturated rings. The highest BCUT2D eigenvalue weighted by molar-refractivity contribution is 5.81. The van der Waals surface area contributed by atoms with E-state index in [1.807, 2.05) is 17.8 Å². The van der Waals surface area contributed by atoms with Gasteiger partial charge in [-0.15, -0.1) is 0 Å². The fourth-order valence-electron chi connectivity index (χ4n) is 2.71. The van der Waals surface area contributed by atoms with Crippen LogP contribution >= 0.6 is 0 Å². The van der Waals surface area contributed by atoms with Crippen molar-refractivity contribution in [2.24, 2.45) is 18.7 Å². The highest BCUT2D eigenvalue weighted by atomic mass is 16.5. The first kappa shape index (κ1) is 11.7. The predicted molar refractivity (Wildman–Crippen MR) is 71.3 cm³/mol. The minimum absolute atomic E-state index is 0.236. The lowest BCUT2D eigenvalue weighted by molar-refractivity contribution is 0.0419. The first-order valence-corrected chi connectivity index (χ1v) is 6.49. The molecular formula is C14H19N3O. The summed E-state index contributed by atoms with van der Waals surface area (Å²) in [5.41, 5.74) is 8.48. The third-order valence-corrected chi connectivity index (χ3v) is 3.82. The molecule has 0 radical (unpaired) electrons. The van der Waals surface area contributed by atoms with Gasteiger partial charge in [0.05, 0.1) is 17.8 Å². The van der Waals surface area contributed by atoms with Crippen molar-refractivity contribution in [3.8, 4) is 0 Å². The van der Waals surface area contributed by atoms with Crippen LogP contribution in [0.3, 0.4) is 0 Å². The van der Waals surface area contributed by atoms with Crippen molar-refractivity contribution in [3.63, 3.8) is 0 Å². The second-order valence-electron chi connectivity index (χ2n) is 5.08. The van der Waals surface area contributed by atoms with Crippen LogP contribution in [0.15, 0.2) is 24.3 Å². The molecule has 4 nitrogen and oxygen atoms in total.